The van der Waals surface area contributed by atoms with Gasteiger partial charge in [-0.15, -0.1) is 0 Å². The van der Waals surface area contributed by atoms with Crippen molar-refractivity contribution in [2.75, 3.05) is 13.0 Å². The van der Waals surface area contributed by atoms with E-state index in [9.17, 15) is 4.79 Å². The lowest BCUT2D eigenvalue weighted by Gasteiger charge is -2.04. The minimum Gasteiger partial charge on any atom is -0.457 e. The van der Waals surface area contributed by atoms with Crippen LogP contribution in [0.4, 0.5) is 0 Å². The maximum absolute atomic E-state index is 9.83. The molecule has 0 aromatic heterocycles. The van der Waals surface area contributed by atoms with Crippen molar-refractivity contribution in [1.82, 2.24) is 0 Å². The third-order valence-electron chi connectivity index (χ3n) is 1.60. The lowest BCUT2D eigenvalue weighted by atomic mass is 10.2. The Balaban J connectivity index is 2.42. The van der Waals surface area contributed by atoms with Crippen LogP contribution in [0.2, 0.25) is 0 Å². The molecule has 0 radical (unpaired) electrons. The fourth-order valence-electron chi connectivity index (χ4n) is 0.978. The smallest absolute Gasteiger partial charge is 0.295 e. The highest BCUT2D eigenvalue weighted by Gasteiger charge is 1.94. The van der Waals surface area contributed by atoms with Crippen molar-refractivity contribution in [1.29, 1.82) is 0 Å². The maximum Gasteiger partial charge on any atom is 0.295 e. The van der Waals surface area contributed by atoms with Gasteiger partial charge < -0.3 is 9.47 Å². The zero-order valence-electron chi connectivity index (χ0n) is 7.93. The van der Waals surface area contributed by atoms with Gasteiger partial charge in [0.2, 0.25) is 6.79 Å². The molecule has 0 fully saturated rings. The highest BCUT2D eigenvalue weighted by atomic mass is 32.2. The molecule has 0 spiro atoms. The summed E-state index contributed by atoms with van der Waals surface area (Å²) in [5, 5.41) is 0. The zero-order chi connectivity index (χ0) is 10.2. The molecule has 0 saturated carbocycles. The fourth-order valence-corrected chi connectivity index (χ4v) is 1.50. The van der Waals surface area contributed by atoms with Gasteiger partial charge in [0.15, 0.2) is 0 Å². The Morgan fingerprint density at radius 1 is 1.36 bits per heavy atom. The summed E-state index contributed by atoms with van der Waals surface area (Å²) in [6.45, 7) is 0.327. The van der Waals surface area contributed by atoms with Gasteiger partial charge in [-0.25, -0.2) is 0 Å². The molecule has 0 N–H and O–H groups in total. The molecule has 0 saturated heterocycles. The number of benzene rings is 1. The van der Waals surface area contributed by atoms with E-state index in [1.54, 1.807) is 11.8 Å². The third-order valence-corrected chi connectivity index (χ3v) is 2.22. The quantitative estimate of drug-likeness (QED) is 0.411. The van der Waals surface area contributed by atoms with Crippen LogP contribution in [0.25, 0.3) is 0 Å². The van der Waals surface area contributed by atoms with Gasteiger partial charge >= 0.3 is 0 Å². The van der Waals surface area contributed by atoms with Gasteiger partial charge in [-0.3, -0.25) is 4.79 Å². The molecular formula is C10H12O3S. The average Bonchev–Trinajstić information content (AvgIpc) is 2.21. The Labute approximate surface area is 87.4 Å². The first-order valence-electron chi connectivity index (χ1n) is 4.12. The molecule has 0 aliphatic carbocycles. The second kappa shape index (κ2) is 6.32. The third kappa shape index (κ3) is 3.70. The average molecular weight is 212 g/mol. The first-order chi connectivity index (χ1) is 6.86. The van der Waals surface area contributed by atoms with Crippen LogP contribution in [0.3, 0.4) is 0 Å². The molecule has 0 aliphatic heterocycles. The molecule has 0 bridgehead atoms. The minimum atomic E-state index is -0.0363. The van der Waals surface area contributed by atoms with E-state index < -0.39 is 0 Å². The first-order valence-corrected chi connectivity index (χ1v) is 5.52. The first kappa shape index (κ1) is 10.9. The largest absolute Gasteiger partial charge is 0.457 e. The Morgan fingerprint density at radius 2 is 2.07 bits per heavy atom. The SMILES string of the molecule is CSCc1ccc(OCOC=O)cc1. The molecule has 14 heavy (non-hydrogen) atoms. The molecule has 0 heterocycles. The van der Waals surface area contributed by atoms with E-state index >= 15 is 0 Å². The van der Waals surface area contributed by atoms with Crippen LogP contribution in [0.1, 0.15) is 5.56 Å². The lowest BCUT2D eigenvalue weighted by molar-refractivity contribution is -0.134. The van der Waals surface area contributed by atoms with E-state index in [-0.39, 0.29) is 6.79 Å². The van der Waals surface area contributed by atoms with E-state index in [0.717, 1.165) is 5.75 Å². The van der Waals surface area contributed by atoms with E-state index in [1.165, 1.54) is 5.56 Å². The summed E-state index contributed by atoms with van der Waals surface area (Å²) >= 11 is 1.77. The monoisotopic (exact) mass is 212 g/mol. The molecule has 0 atom stereocenters. The number of hydrogen-bond donors (Lipinski definition) is 0. The van der Waals surface area contributed by atoms with Crippen molar-refractivity contribution in [3.05, 3.63) is 29.8 Å². The normalized spacial score (nSPS) is 9.50. The number of thioether (sulfide) groups is 1. The molecule has 76 valence electrons. The van der Waals surface area contributed by atoms with Gasteiger partial charge in [0.1, 0.15) is 5.75 Å². The van der Waals surface area contributed by atoms with E-state index in [4.69, 9.17) is 4.74 Å². The van der Waals surface area contributed by atoms with E-state index in [1.807, 2.05) is 24.3 Å². The molecule has 1 aromatic rings. The summed E-state index contributed by atoms with van der Waals surface area (Å²) in [5.74, 6) is 1.70. The van der Waals surface area contributed by atoms with Gasteiger partial charge in [0.05, 0.1) is 0 Å². The Bertz CT molecular complexity index is 271. The van der Waals surface area contributed by atoms with Gasteiger partial charge in [-0.1, -0.05) is 12.1 Å². The molecule has 0 aliphatic rings. The molecule has 0 amide bonds. The van der Waals surface area contributed by atoms with Gasteiger partial charge in [0, 0.05) is 5.75 Å². The second-order valence-electron chi connectivity index (χ2n) is 2.60. The van der Waals surface area contributed by atoms with Crippen LogP contribution < -0.4 is 4.74 Å². The van der Waals surface area contributed by atoms with E-state index in [2.05, 4.69) is 11.0 Å². The van der Waals surface area contributed by atoms with Crippen molar-refractivity contribution >= 4 is 18.2 Å². The minimum absolute atomic E-state index is 0.0363. The number of hydrogen-bond acceptors (Lipinski definition) is 4. The topological polar surface area (TPSA) is 35.5 Å². The standard InChI is InChI=1S/C10H12O3S/c1-14-6-9-2-4-10(5-3-9)13-8-12-7-11/h2-5,7H,6,8H2,1H3. The maximum atomic E-state index is 9.83. The number of rotatable bonds is 6. The number of carbonyl (C=O) groups excluding carboxylic acids is 1. The predicted octanol–water partition coefficient (Wildman–Crippen LogP) is 2.06. The summed E-state index contributed by atoms with van der Waals surface area (Å²) in [5.41, 5.74) is 1.25. The van der Waals surface area contributed by atoms with Crippen molar-refractivity contribution in [3.8, 4) is 5.75 Å². The zero-order valence-corrected chi connectivity index (χ0v) is 8.75. The highest BCUT2D eigenvalue weighted by molar-refractivity contribution is 7.97. The van der Waals surface area contributed by atoms with Gasteiger partial charge in [-0.2, -0.15) is 11.8 Å². The van der Waals surface area contributed by atoms with Crippen LogP contribution in [-0.2, 0) is 15.3 Å². The van der Waals surface area contributed by atoms with E-state index in [0.29, 0.717) is 12.2 Å². The van der Waals surface area contributed by atoms with Crippen LogP contribution in [0, 0.1) is 0 Å². The van der Waals surface area contributed by atoms with Crippen molar-refractivity contribution in [2.24, 2.45) is 0 Å². The molecule has 0 unspecified atom stereocenters. The summed E-state index contributed by atoms with van der Waals surface area (Å²) in [6.07, 6.45) is 2.06. The Kier molecular flexibility index (Phi) is 4.93. The molecule has 4 heteroatoms. The van der Waals surface area contributed by atoms with Crippen molar-refractivity contribution in [2.45, 2.75) is 5.75 Å². The summed E-state index contributed by atoms with van der Waals surface area (Å²) in [6, 6.07) is 7.71. The highest BCUT2D eigenvalue weighted by Crippen LogP contribution is 2.15. The molecule has 1 aromatic carbocycles. The lowest BCUT2D eigenvalue weighted by Crippen LogP contribution is -2.00. The number of carbonyl (C=O) groups is 1. The number of ether oxygens (including phenoxy) is 2. The summed E-state index contributed by atoms with van der Waals surface area (Å²) in [4.78, 5) is 9.83. The van der Waals surface area contributed by atoms with Gasteiger partial charge in [-0.05, 0) is 24.0 Å². The fraction of sp³-hybridized carbons (Fsp3) is 0.300. The molecule has 1 rings (SSSR count). The van der Waals surface area contributed by atoms with Crippen LogP contribution in [0.5, 0.6) is 5.75 Å². The van der Waals surface area contributed by atoms with Gasteiger partial charge in [0.25, 0.3) is 6.47 Å². The molecular weight excluding hydrogens is 200 g/mol. The van der Waals surface area contributed by atoms with Crippen LogP contribution in [0.15, 0.2) is 24.3 Å². The Morgan fingerprint density at radius 3 is 2.64 bits per heavy atom. The Hall–Kier alpha value is -1.16. The summed E-state index contributed by atoms with van der Waals surface area (Å²) in [7, 11) is 0. The second-order valence-corrected chi connectivity index (χ2v) is 3.47. The summed E-state index contributed by atoms with van der Waals surface area (Å²) < 4.78 is 9.53. The van der Waals surface area contributed by atoms with Crippen molar-refractivity contribution in [3.63, 3.8) is 0 Å². The van der Waals surface area contributed by atoms with Crippen molar-refractivity contribution < 1.29 is 14.3 Å². The predicted molar refractivity (Wildman–Crippen MR) is 56.3 cm³/mol. The molecule has 3 nitrogen and oxygen atoms in total. The van der Waals surface area contributed by atoms with Crippen LogP contribution >= 0.6 is 11.8 Å². The van der Waals surface area contributed by atoms with Crippen LogP contribution in [-0.4, -0.2) is 19.5 Å².